The predicted molar refractivity (Wildman–Crippen MR) is 98.2 cm³/mol. The largest absolute Gasteiger partial charge is 0.465 e. The normalized spacial score (nSPS) is 22.3. The summed E-state index contributed by atoms with van der Waals surface area (Å²) in [6, 6.07) is 2.99. The first-order valence-corrected chi connectivity index (χ1v) is 10.7. The lowest BCUT2D eigenvalue weighted by atomic mass is 9.95. The highest BCUT2D eigenvalue weighted by atomic mass is 35.5. The standard InChI is InChI=1S/C18H23ClN2O4S/c19-17-16(7-4-10-20-17)26(23,24)21-11-8-15(9-12-21)18(22)25-13-14-5-2-1-3-6-14/h1-2,4,7,10,14-15H,3,5-6,8-9,11-13H2. The van der Waals surface area contributed by atoms with Crippen LogP contribution in [-0.2, 0) is 19.6 Å². The van der Waals surface area contributed by atoms with Crippen LogP contribution in [0.25, 0.3) is 0 Å². The van der Waals surface area contributed by atoms with Crippen molar-refractivity contribution in [2.45, 2.75) is 37.0 Å². The molecule has 0 N–H and O–H groups in total. The number of halogens is 1. The van der Waals surface area contributed by atoms with Crippen molar-refractivity contribution < 1.29 is 17.9 Å². The maximum absolute atomic E-state index is 12.7. The molecule has 0 radical (unpaired) electrons. The molecule has 1 aliphatic heterocycles. The van der Waals surface area contributed by atoms with Crippen molar-refractivity contribution in [2.75, 3.05) is 19.7 Å². The van der Waals surface area contributed by atoms with E-state index in [1.807, 2.05) is 0 Å². The van der Waals surface area contributed by atoms with Gasteiger partial charge in [0.1, 0.15) is 10.0 Å². The summed E-state index contributed by atoms with van der Waals surface area (Å²) in [5.74, 6) is -0.0573. The van der Waals surface area contributed by atoms with Crippen LogP contribution in [0.4, 0.5) is 0 Å². The van der Waals surface area contributed by atoms with Crippen LogP contribution in [0, 0.1) is 11.8 Å². The lowest BCUT2D eigenvalue weighted by Crippen LogP contribution is -2.40. The molecule has 2 heterocycles. The second-order valence-corrected chi connectivity index (χ2v) is 9.02. The Bertz CT molecular complexity index is 773. The third kappa shape index (κ3) is 4.45. The number of hydrogen-bond donors (Lipinski definition) is 0. The van der Waals surface area contributed by atoms with E-state index in [0.717, 1.165) is 19.3 Å². The molecular weight excluding hydrogens is 376 g/mol. The van der Waals surface area contributed by atoms with Crippen LogP contribution >= 0.6 is 11.6 Å². The van der Waals surface area contributed by atoms with Crippen LogP contribution in [0.5, 0.6) is 0 Å². The van der Waals surface area contributed by atoms with Gasteiger partial charge < -0.3 is 4.74 Å². The van der Waals surface area contributed by atoms with E-state index in [-0.39, 0.29) is 35.0 Å². The average molecular weight is 399 g/mol. The third-order valence-electron chi connectivity index (χ3n) is 4.97. The molecule has 0 amide bonds. The van der Waals surface area contributed by atoms with Crippen molar-refractivity contribution in [3.05, 3.63) is 35.6 Å². The topological polar surface area (TPSA) is 76.6 Å². The summed E-state index contributed by atoms with van der Waals surface area (Å²) >= 11 is 5.93. The molecule has 0 spiro atoms. The molecule has 1 aromatic rings. The number of pyridine rings is 1. The first kappa shape index (κ1) is 19.3. The van der Waals surface area contributed by atoms with E-state index in [4.69, 9.17) is 16.3 Å². The lowest BCUT2D eigenvalue weighted by molar-refractivity contribution is -0.151. The van der Waals surface area contributed by atoms with Gasteiger partial charge in [-0.05, 0) is 50.2 Å². The van der Waals surface area contributed by atoms with Gasteiger partial charge in [0, 0.05) is 19.3 Å². The van der Waals surface area contributed by atoms with Gasteiger partial charge >= 0.3 is 5.97 Å². The van der Waals surface area contributed by atoms with Crippen LogP contribution in [0.3, 0.4) is 0 Å². The quantitative estimate of drug-likeness (QED) is 0.433. The number of esters is 1. The van der Waals surface area contributed by atoms with E-state index in [1.165, 1.54) is 16.6 Å². The van der Waals surface area contributed by atoms with Crippen LogP contribution in [0.15, 0.2) is 35.4 Å². The summed E-state index contributed by atoms with van der Waals surface area (Å²) in [6.45, 7) is 1.01. The predicted octanol–water partition coefficient (Wildman–Crippen LogP) is 3.04. The van der Waals surface area contributed by atoms with E-state index < -0.39 is 10.0 Å². The van der Waals surface area contributed by atoms with E-state index in [0.29, 0.717) is 25.4 Å². The number of ether oxygens (including phenoxy) is 1. The molecule has 1 aliphatic carbocycles. The van der Waals surface area contributed by atoms with Crippen molar-refractivity contribution in [2.24, 2.45) is 11.8 Å². The van der Waals surface area contributed by atoms with Gasteiger partial charge in [-0.25, -0.2) is 13.4 Å². The number of piperidine rings is 1. The summed E-state index contributed by atoms with van der Waals surface area (Å²) in [7, 11) is -3.69. The minimum Gasteiger partial charge on any atom is -0.465 e. The summed E-state index contributed by atoms with van der Waals surface area (Å²) in [6.07, 6.45) is 9.70. The minimum atomic E-state index is -3.69. The minimum absolute atomic E-state index is 0.00745. The Kier molecular flexibility index (Phi) is 6.32. The van der Waals surface area contributed by atoms with Crippen LogP contribution in [0.1, 0.15) is 32.1 Å². The zero-order valence-electron chi connectivity index (χ0n) is 14.5. The summed E-state index contributed by atoms with van der Waals surface area (Å²) < 4.78 is 32.2. The monoisotopic (exact) mass is 398 g/mol. The van der Waals surface area contributed by atoms with Crippen molar-refractivity contribution in [3.63, 3.8) is 0 Å². The fourth-order valence-corrected chi connectivity index (χ4v) is 5.26. The molecule has 26 heavy (non-hydrogen) atoms. The van der Waals surface area contributed by atoms with Crippen molar-refractivity contribution in [1.82, 2.24) is 9.29 Å². The molecule has 1 atom stereocenters. The van der Waals surface area contributed by atoms with E-state index in [1.54, 1.807) is 6.07 Å². The maximum atomic E-state index is 12.7. The van der Waals surface area contributed by atoms with Crippen molar-refractivity contribution >= 4 is 27.6 Å². The van der Waals surface area contributed by atoms with Crippen LogP contribution in [-0.4, -0.2) is 43.4 Å². The fourth-order valence-electron chi connectivity index (χ4n) is 3.36. The zero-order valence-corrected chi connectivity index (χ0v) is 16.1. The molecule has 8 heteroatoms. The first-order chi connectivity index (χ1) is 12.5. The fraction of sp³-hybridized carbons (Fsp3) is 0.556. The smallest absolute Gasteiger partial charge is 0.309 e. The molecule has 1 fully saturated rings. The first-order valence-electron chi connectivity index (χ1n) is 8.91. The summed E-state index contributed by atoms with van der Waals surface area (Å²) in [5, 5.41) is -0.0319. The Morgan fingerprint density at radius 1 is 1.27 bits per heavy atom. The van der Waals surface area contributed by atoms with Gasteiger partial charge in [-0.1, -0.05) is 23.8 Å². The van der Waals surface area contributed by atoms with Gasteiger partial charge in [-0.2, -0.15) is 4.31 Å². The highest BCUT2D eigenvalue weighted by molar-refractivity contribution is 7.89. The molecule has 6 nitrogen and oxygen atoms in total. The number of nitrogens with zero attached hydrogens (tertiary/aromatic N) is 2. The number of hydrogen-bond acceptors (Lipinski definition) is 5. The molecule has 0 aromatic carbocycles. The SMILES string of the molecule is O=C(OCC1CC=CCC1)C1CCN(S(=O)(=O)c2cccnc2Cl)CC1. The molecular formula is C18H23ClN2O4S. The van der Waals surface area contributed by atoms with Gasteiger partial charge in [0.15, 0.2) is 0 Å². The number of sulfonamides is 1. The highest BCUT2D eigenvalue weighted by Crippen LogP contribution is 2.28. The van der Waals surface area contributed by atoms with Gasteiger partial charge in [-0.3, -0.25) is 4.79 Å². The molecule has 1 unspecified atom stereocenters. The average Bonchev–Trinajstić information content (AvgIpc) is 2.67. The Morgan fingerprint density at radius 2 is 2.04 bits per heavy atom. The summed E-state index contributed by atoms with van der Waals surface area (Å²) in [4.78, 5) is 16.1. The van der Waals surface area contributed by atoms with Gasteiger partial charge in [-0.15, -0.1) is 0 Å². The van der Waals surface area contributed by atoms with E-state index in [9.17, 15) is 13.2 Å². The number of aromatic nitrogens is 1. The Labute approximate surface area is 159 Å². The highest BCUT2D eigenvalue weighted by Gasteiger charge is 2.34. The van der Waals surface area contributed by atoms with E-state index in [2.05, 4.69) is 17.1 Å². The van der Waals surface area contributed by atoms with E-state index >= 15 is 0 Å². The maximum Gasteiger partial charge on any atom is 0.309 e. The van der Waals surface area contributed by atoms with Crippen LogP contribution in [0.2, 0.25) is 5.15 Å². The van der Waals surface area contributed by atoms with Gasteiger partial charge in [0.25, 0.3) is 0 Å². The van der Waals surface area contributed by atoms with Crippen molar-refractivity contribution in [1.29, 1.82) is 0 Å². The summed E-state index contributed by atoms with van der Waals surface area (Å²) in [5.41, 5.74) is 0. The zero-order chi connectivity index (χ0) is 18.6. The number of rotatable bonds is 5. The Hall–Kier alpha value is -1.44. The third-order valence-corrected chi connectivity index (χ3v) is 7.31. The second kappa shape index (κ2) is 8.50. The van der Waals surface area contributed by atoms with Crippen LogP contribution < -0.4 is 0 Å². The Morgan fingerprint density at radius 3 is 2.69 bits per heavy atom. The molecule has 0 saturated carbocycles. The molecule has 0 bridgehead atoms. The molecule has 2 aliphatic rings. The van der Waals surface area contributed by atoms with Gasteiger partial charge in [0.05, 0.1) is 12.5 Å². The Balaban J connectivity index is 1.53. The number of carbonyl (C=O) groups excluding carboxylic acids is 1. The number of carbonyl (C=O) groups is 1. The van der Waals surface area contributed by atoms with Gasteiger partial charge in [0.2, 0.25) is 10.0 Å². The molecule has 3 rings (SSSR count). The lowest BCUT2D eigenvalue weighted by Gasteiger charge is -2.30. The second-order valence-electron chi connectivity index (χ2n) is 6.75. The molecule has 1 aromatic heterocycles. The van der Waals surface area contributed by atoms with Crippen molar-refractivity contribution in [3.8, 4) is 0 Å². The molecule has 1 saturated heterocycles. The number of allylic oxidation sites excluding steroid dienone is 2. The molecule has 142 valence electrons.